The van der Waals surface area contributed by atoms with Gasteiger partial charge in [-0.25, -0.2) is 0 Å². The Bertz CT molecular complexity index is 650. The van der Waals surface area contributed by atoms with Crippen LogP contribution in [-0.2, 0) is 14.3 Å². The molecule has 0 radical (unpaired) electrons. The van der Waals surface area contributed by atoms with Crippen molar-refractivity contribution in [1.29, 1.82) is 0 Å². The van der Waals surface area contributed by atoms with Gasteiger partial charge in [0.2, 0.25) is 0 Å². The minimum Gasteiger partial charge on any atom is -0.469 e. The summed E-state index contributed by atoms with van der Waals surface area (Å²) in [4.78, 5) is 22.8. The van der Waals surface area contributed by atoms with Crippen LogP contribution in [0.2, 0.25) is 0 Å². The van der Waals surface area contributed by atoms with Crippen LogP contribution in [0.3, 0.4) is 0 Å². The van der Waals surface area contributed by atoms with E-state index in [0.29, 0.717) is 12.8 Å². The highest BCUT2D eigenvalue weighted by atomic mass is 32.2. The van der Waals surface area contributed by atoms with Crippen LogP contribution in [0.4, 0.5) is 0 Å². The number of ether oxygens (including phenoxy) is 1. The van der Waals surface area contributed by atoms with Gasteiger partial charge in [-0.2, -0.15) is 0 Å². The van der Waals surface area contributed by atoms with Gasteiger partial charge >= 0.3 is 5.97 Å². The first kappa shape index (κ1) is 17.3. The number of methoxy groups -OCH3 is 1. The maximum Gasteiger partial charge on any atom is 0.305 e. The number of carbonyl (C=O) groups excluding carboxylic acids is 2. The van der Waals surface area contributed by atoms with Crippen molar-refractivity contribution < 1.29 is 14.3 Å². The lowest BCUT2D eigenvalue weighted by Crippen LogP contribution is -2.04. The molecular weight excluding hydrogens is 308 g/mol. The van der Waals surface area contributed by atoms with E-state index in [0.717, 1.165) is 16.7 Å². The van der Waals surface area contributed by atoms with E-state index < -0.39 is 0 Å². The molecule has 0 heterocycles. The van der Waals surface area contributed by atoms with E-state index >= 15 is 0 Å². The van der Waals surface area contributed by atoms with Crippen molar-refractivity contribution in [2.45, 2.75) is 25.0 Å². The summed E-state index contributed by atoms with van der Waals surface area (Å²) in [5.41, 5.74) is 3.34. The second kappa shape index (κ2) is 8.53. The summed E-state index contributed by atoms with van der Waals surface area (Å²) < 4.78 is 4.69. The van der Waals surface area contributed by atoms with Gasteiger partial charge in [0, 0.05) is 18.6 Å². The Labute approximate surface area is 141 Å². The first-order valence-electron chi connectivity index (χ1n) is 7.49. The zero-order chi connectivity index (χ0) is 16.7. The molecule has 4 heteroatoms. The predicted octanol–water partition coefficient (Wildman–Crippen LogP) is 4.63. The normalized spacial score (nSPS) is 11.7. The van der Waals surface area contributed by atoms with Gasteiger partial charge < -0.3 is 4.74 Å². The Hall–Kier alpha value is -2.07. The molecule has 0 amide bonds. The second-order valence-electron chi connectivity index (χ2n) is 5.20. The lowest BCUT2D eigenvalue weighted by atomic mass is 10.0. The molecule has 0 aliphatic heterocycles. The smallest absolute Gasteiger partial charge is 0.305 e. The maximum atomic E-state index is 11.5. The molecular formula is C19H20O3S. The number of thioether (sulfide) groups is 1. The fourth-order valence-electron chi connectivity index (χ4n) is 2.37. The molecule has 1 atom stereocenters. The van der Waals surface area contributed by atoms with Crippen LogP contribution >= 0.6 is 11.8 Å². The van der Waals surface area contributed by atoms with Gasteiger partial charge in [0.15, 0.2) is 5.12 Å². The molecule has 0 saturated carbocycles. The number of esters is 1. The highest BCUT2D eigenvalue weighted by Gasteiger charge is 2.17. The van der Waals surface area contributed by atoms with Crippen molar-refractivity contribution in [3.8, 4) is 11.1 Å². The van der Waals surface area contributed by atoms with Gasteiger partial charge in [0.1, 0.15) is 0 Å². The van der Waals surface area contributed by atoms with Crippen molar-refractivity contribution in [3.05, 3.63) is 60.2 Å². The van der Waals surface area contributed by atoms with Crippen LogP contribution in [0.15, 0.2) is 54.6 Å². The predicted molar refractivity (Wildman–Crippen MR) is 94.1 cm³/mol. The topological polar surface area (TPSA) is 43.4 Å². The highest BCUT2D eigenvalue weighted by Crippen LogP contribution is 2.34. The zero-order valence-electron chi connectivity index (χ0n) is 13.3. The molecule has 0 aliphatic carbocycles. The van der Waals surface area contributed by atoms with Crippen molar-refractivity contribution in [1.82, 2.24) is 0 Å². The quantitative estimate of drug-likeness (QED) is 0.725. The van der Waals surface area contributed by atoms with E-state index in [4.69, 9.17) is 0 Å². The van der Waals surface area contributed by atoms with Gasteiger partial charge in [0.05, 0.1) is 7.11 Å². The maximum absolute atomic E-state index is 11.5. The third-order valence-electron chi connectivity index (χ3n) is 3.54. The Morgan fingerprint density at radius 2 is 1.61 bits per heavy atom. The Morgan fingerprint density at radius 1 is 1.00 bits per heavy atom. The zero-order valence-corrected chi connectivity index (χ0v) is 14.1. The van der Waals surface area contributed by atoms with Crippen molar-refractivity contribution in [2.75, 3.05) is 7.11 Å². The average molecular weight is 328 g/mol. The first-order chi connectivity index (χ1) is 11.1. The summed E-state index contributed by atoms with van der Waals surface area (Å²) in [6.45, 7) is 1.55. The lowest BCUT2D eigenvalue weighted by Gasteiger charge is -2.15. The molecule has 0 aromatic heterocycles. The largest absolute Gasteiger partial charge is 0.469 e. The number of carbonyl (C=O) groups is 2. The lowest BCUT2D eigenvalue weighted by molar-refractivity contribution is -0.140. The van der Waals surface area contributed by atoms with Crippen molar-refractivity contribution in [3.63, 3.8) is 0 Å². The molecule has 0 saturated heterocycles. The number of hydrogen-bond donors (Lipinski definition) is 0. The van der Waals surface area contributed by atoms with Gasteiger partial charge in [-0.15, -0.1) is 0 Å². The summed E-state index contributed by atoms with van der Waals surface area (Å²) in [7, 11) is 1.38. The van der Waals surface area contributed by atoms with Gasteiger partial charge in [-0.3, -0.25) is 9.59 Å². The molecule has 2 rings (SSSR count). The van der Waals surface area contributed by atoms with Gasteiger partial charge in [0.25, 0.3) is 0 Å². The van der Waals surface area contributed by atoms with Crippen LogP contribution < -0.4 is 0 Å². The molecule has 0 aliphatic rings. The van der Waals surface area contributed by atoms with Crippen LogP contribution in [0.25, 0.3) is 11.1 Å². The van der Waals surface area contributed by atoms with E-state index in [1.54, 1.807) is 6.92 Å². The summed E-state index contributed by atoms with van der Waals surface area (Å²) >= 11 is 1.26. The molecule has 0 N–H and O–H groups in total. The molecule has 1 unspecified atom stereocenters. The molecule has 23 heavy (non-hydrogen) atoms. The molecule has 0 spiro atoms. The van der Waals surface area contributed by atoms with Crippen LogP contribution in [-0.4, -0.2) is 18.2 Å². The molecule has 0 bridgehead atoms. The first-order valence-corrected chi connectivity index (χ1v) is 8.37. The third kappa shape index (κ3) is 5.25. The molecule has 2 aromatic carbocycles. The second-order valence-corrected chi connectivity index (χ2v) is 6.58. The molecule has 0 fully saturated rings. The van der Waals surface area contributed by atoms with Gasteiger partial charge in [-0.05, 0) is 23.1 Å². The molecule has 120 valence electrons. The van der Waals surface area contributed by atoms with Crippen molar-refractivity contribution in [2.24, 2.45) is 0 Å². The Balaban J connectivity index is 2.15. The van der Waals surface area contributed by atoms with Crippen LogP contribution in [0, 0.1) is 0 Å². The molecule has 3 nitrogen and oxygen atoms in total. The minimum atomic E-state index is -0.250. The van der Waals surface area contributed by atoms with Gasteiger partial charge in [-0.1, -0.05) is 66.4 Å². The minimum absolute atomic E-state index is 0.0311. The fourth-order valence-corrected chi connectivity index (χ4v) is 3.30. The van der Waals surface area contributed by atoms with E-state index in [-0.39, 0.29) is 16.3 Å². The van der Waals surface area contributed by atoms with E-state index in [2.05, 4.69) is 29.0 Å². The number of rotatable bonds is 6. The standard InChI is InChI=1S/C19H20O3S/c1-14(20)23-18(12-13-19(21)22-2)17-10-8-16(9-11-17)15-6-4-3-5-7-15/h3-11,18H,12-13H2,1-2H3. The van der Waals surface area contributed by atoms with E-state index in [1.807, 2.05) is 30.3 Å². The summed E-state index contributed by atoms with van der Waals surface area (Å²) in [6.07, 6.45) is 0.892. The highest BCUT2D eigenvalue weighted by molar-refractivity contribution is 8.13. The number of benzene rings is 2. The van der Waals surface area contributed by atoms with E-state index in [9.17, 15) is 9.59 Å². The Morgan fingerprint density at radius 3 is 2.17 bits per heavy atom. The average Bonchev–Trinajstić information content (AvgIpc) is 2.59. The fraction of sp³-hybridized carbons (Fsp3) is 0.263. The summed E-state index contributed by atoms with van der Waals surface area (Å²) in [5.74, 6) is -0.250. The molecule has 2 aromatic rings. The number of hydrogen-bond acceptors (Lipinski definition) is 4. The summed E-state index contributed by atoms with van der Waals surface area (Å²) in [6, 6.07) is 18.3. The van der Waals surface area contributed by atoms with Crippen LogP contribution in [0.5, 0.6) is 0 Å². The Kier molecular flexibility index (Phi) is 6.41. The van der Waals surface area contributed by atoms with Crippen molar-refractivity contribution >= 4 is 22.8 Å². The summed E-state index contributed by atoms with van der Waals surface area (Å²) in [5, 5.41) is 0.0171. The monoisotopic (exact) mass is 328 g/mol. The third-order valence-corrected chi connectivity index (χ3v) is 4.66. The van der Waals surface area contributed by atoms with Crippen LogP contribution in [0.1, 0.15) is 30.6 Å². The SMILES string of the molecule is COC(=O)CCC(SC(C)=O)c1ccc(-c2ccccc2)cc1. The van der Waals surface area contributed by atoms with E-state index in [1.165, 1.54) is 18.9 Å².